The third-order valence-electron chi connectivity index (χ3n) is 2.65. The Kier molecular flexibility index (Phi) is 4.20. The lowest BCUT2D eigenvalue weighted by Crippen LogP contribution is -2.12. The molecular weight excluding hydrogens is 247 g/mol. The molecule has 0 atom stereocenters. The lowest BCUT2D eigenvalue weighted by Gasteiger charge is -2.05. The van der Waals surface area contributed by atoms with E-state index in [2.05, 4.69) is 5.32 Å². The Balaban J connectivity index is 1.98. The van der Waals surface area contributed by atoms with Gasteiger partial charge in [0.1, 0.15) is 5.82 Å². The molecule has 0 spiro atoms. The Bertz CT molecular complexity index is 573. The summed E-state index contributed by atoms with van der Waals surface area (Å²) in [6.07, 6.45) is 0. The largest absolute Gasteiger partial charge is 0.309 e. The zero-order valence-corrected chi connectivity index (χ0v) is 10.2. The molecule has 0 bridgehead atoms. The molecule has 0 heterocycles. The summed E-state index contributed by atoms with van der Waals surface area (Å²) >= 11 is 0. The zero-order valence-electron chi connectivity index (χ0n) is 10.2. The second kappa shape index (κ2) is 6.06. The minimum absolute atomic E-state index is 0.225. The van der Waals surface area contributed by atoms with Gasteiger partial charge in [-0.15, -0.1) is 0 Å². The molecule has 0 radical (unpaired) electrons. The Morgan fingerprint density at radius 2 is 1.74 bits per heavy atom. The number of benzene rings is 2. The van der Waals surface area contributed by atoms with Crippen LogP contribution < -0.4 is 5.32 Å². The van der Waals surface area contributed by atoms with Crippen LogP contribution >= 0.6 is 0 Å². The number of nitro benzene ring substituents is 1. The fourth-order valence-corrected chi connectivity index (χ4v) is 1.79. The summed E-state index contributed by atoms with van der Waals surface area (Å²) < 4.78 is 13.2. The second-order valence-electron chi connectivity index (χ2n) is 4.16. The minimum atomic E-state index is -0.593. The predicted octanol–water partition coefficient (Wildman–Crippen LogP) is 3.02. The molecule has 2 aromatic carbocycles. The SMILES string of the molecule is O=[N+]([O-])c1cc(F)cc(CNCc2ccccc2)c1. The average molecular weight is 260 g/mol. The van der Waals surface area contributed by atoms with Crippen LogP contribution in [-0.4, -0.2) is 4.92 Å². The van der Waals surface area contributed by atoms with Crippen molar-refractivity contribution >= 4 is 5.69 Å². The van der Waals surface area contributed by atoms with Crippen molar-refractivity contribution in [2.45, 2.75) is 13.1 Å². The molecule has 0 amide bonds. The van der Waals surface area contributed by atoms with E-state index in [9.17, 15) is 14.5 Å². The molecular formula is C14H13FN2O2. The van der Waals surface area contributed by atoms with Crippen LogP contribution in [0.3, 0.4) is 0 Å². The van der Waals surface area contributed by atoms with Crippen LogP contribution in [0.4, 0.5) is 10.1 Å². The smallest absolute Gasteiger partial charge is 0.272 e. The topological polar surface area (TPSA) is 55.2 Å². The number of hydrogen-bond acceptors (Lipinski definition) is 3. The number of nitro groups is 1. The molecule has 0 aliphatic rings. The Hall–Kier alpha value is -2.27. The lowest BCUT2D eigenvalue weighted by atomic mass is 10.2. The van der Waals surface area contributed by atoms with E-state index in [0.29, 0.717) is 18.7 Å². The molecule has 0 fully saturated rings. The van der Waals surface area contributed by atoms with Crippen LogP contribution in [0.1, 0.15) is 11.1 Å². The van der Waals surface area contributed by atoms with Gasteiger partial charge in [-0.1, -0.05) is 30.3 Å². The van der Waals surface area contributed by atoms with Crippen molar-refractivity contribution < 1.29 is 9.31 Å². The van der Waals surface area contributed by atoms with Gasteiger partial charge >= 0.3 is 0 Å². The molecule has 0 aromatic heterocycles. The summed E-state index contributed by atoms with van der Waals surface area (Å²) in [5.41, 5.74) is 1.44. The summed E-state index contributed by atoms with van der Waals surface area (Å²) in [6.45, 7) is 1.01. The first-order valence-corrected chi connectivity index (χ1v) is 5.83. The van der Waals surface area contributed by atoms with Crippen molar-refractivity contribution in [3.05, 3.63) is 75.6 Å². The fourth-order valence-electron chi connectivity index (χ4n) is 1.79. The summed E-state index contributed by atoms with van der Waals surface area (Å²) in [5, 5.41) is 13.7. The predicted molar refractivity (Wildman–Crippen MR) is 70.0 cm³/mol. The maximum Gasteiger partial charge on any atom is 0.272 e. The second-order valence-corrected chi connectivity index (χ2v) is 4.16. The number of nitrogens with zero attached hydrogens (tertiary/aromatic N) is 1. The molecule has 0 unspecified atom stereocenters. The normalized spacial score (nSPS) is 10.4. The Morgan fingerprint density at radius 3 is 2.42 bits per heavy atom. The van der Waals surface area contributed by atoms with E-state index in [0.717, 1.165) is 11.6 Å². The summed E-state index contributed by atoms with van der Waals surface area (Å²) in [5.74, 6) is -0.592. The van der Waals surface area contributed by atoms with Gasteiger partial charge in [0.05, 0.1) is 11.0 Å². The van der Waals surface area contributed by atoms with Crippen molar-refractivity contribution in [1.29, 1.82) is 0 Å². The van der Waals surface area contributed by atoms with E-state index in [1.54, 1.807) is 0 Å². The molecule has 0 aliphatic heterocycles. The first kappa shape index (κ1) is 13.2. The Labute approximate surface area is 110 Å². The monoisotopic (exact) mass is 260 g/mol. The third-order valence-corrected chi connectivity index (χ3v) is 2.65. The maximum absolute atomic E-state index is 13.2. The molecule has 5 heteroatoms. The summed E-state index contributed by atoms with van der Waals surface area (Å²) in [7, 11) is 0. The highest BCUT2D eigenvalue weighted by Crippen LogP contribution is 2.16. The summed E-state index contributed by atoms with van der Waals surface area (Å²) in [6, 6.07) is 13.3. The zero-order chi connectivity index (χ0) is 13.7. The third kappa shape index (κ3) is 3.86. The van der Waals surface area contributed by atoms with Crippen LogP contribution in [0.5, 0.6) is 0 Å². The van der Waals surface area contributed by atoms with Gasteiger partial charge in [0.15, 0.2) is 0 Å². The molecule has 2 rings (SSSR count). The highest BCUT2D eigenvalue weighted by atomic mass is 19.1. The quantitative estimate of drug-likeness (QED) is 0.664. The van der Waals surface area contributed by atoms with Crippen LogP contribution in [-0.2, 0) is 13.1 Å². The van der Waals surface area contributed by atoms with Gasteiger partial charge in [-0.05, 0) is 17.2 Å². The van der Waals surface area contributed by atoms with E-state index in [1.807, 2.05) is 30.3 Å². The van der Waals surface area contributed by atoms with Gasteiger partial charge in [-0.3, -0.25) is 10.1 Å². The first-order valence-electron chi connectivity index (χ1n) is 5.83. The number of rotatable bonds is 5. The molecule has 19 heavy (non-hydrogen) atoms. The molecule has 0 saturated heterocycles. The van der Waals surface area contributed by atoms with Gasteiger partial charge < -0.3 is 5.32 Å². The van der Waals surface area contributed by atoms with Crippen LogP contribution in [0.25, 0.3) is 0 Å². The van der Waals surface area contributed by atoms with E-state index in [1.165, 1.54) is 12.1 Å². The van der Waals surface area contributed by atoms with Gasteiger partial charge in [0.2, 0.25) is 0 Å². The molecule has 0 aliphatic carbocycles. The van der Waals surface area contributed by atoms with Gasteiger partial charge in [-0.2, -0.15) is 0 Å². The van der Waals surface area contributed by atoms with Crippen molar-refractivity contribution in [3.63, 3.8) is 0 Å². The fraction of sp³-hybridized carbons (Fsp3) is 0.143. The van der Waals surface area contributed by atoms with Gasteiger partial charge in [0, 0.05) is 19.2 Å². The van der Waals surface area contributed by atoms with Crippen molar-refractivity contribution in [2.24, 2.45) is 0 Å². The van der Waals surface area contributed by atoms with E-state index < -0.39 is 10.7 Å². The summed E-state index contributed by atoms with van der Waals surface area (Å²) in [4.78, 5) is 10.0. The van der Waals surface area contributed by atoms with E-state index in [4.69, 9.17) is 0 Å². The van der Waals surface area contributed by atoms with Crippen LogP contribution in [0.2, 0.25) is 0 Å². The van der Waals surface area contributed by atoms with Crippen LogP contribution in [0, 0.1) is 15.9 Å². The number of halogens is 1. The lowest BCUT2D eigenvalue weighted by molar-refractivity contribution is -0.385. The maximum atomic E-state index is 13.2. The van der Waals surface area contributed by atoms with Crippen molar-refractivity contribution in [1.82, 2.24) is 5.32 Å². The Morgan fingerprint density at radius 1 is 1.05 bits per heavy atom. The molecule has 0 saturated carbocycles. The van der Waals surface area contributed by atoms with E-state index >= 15 is 0 Å². The molecule has 4 nitrogen and oxygen atoms in total. The van der Waals surface area contributed by atoms with Gasteiger partial charge in [-0.25, -0.2) is 4.39 Å². The first-order chi connectivity index (χ1) is 9.15. The highest BCUT2D eigenvalue weighted by molar-refractivity contribution is 5.35. The number of nitrogens with one attached hydrogen (secondary N) is 1. The standard InChI is InChI=1S/C14H13FN2O2/c15-13-6-12(7-14(8-13)17(18)19)10-16-9-11-4-2-1-3-5-11/h1-8,16H,9-10H2. The number of non-ortho nitro benzene ring substituents is 1. The molecule has 2 aromatic rings. The van der Waals surface area contributed by atoms with Gasteiger partial charge in [0.25, 0.3) is 5.69 Å². The number of hydrogen-bond donors (Lipinski definition) is 1. The molecule has 98 valence electrons. The minimum Gasteiger partial charge on any atom is -0.309 e. The average Bonchev–Trinajstić information content (AvgIpc) is 2.39. The molecule has 1 N–H and O–H groups in total. The van der Waals surface area contributed by atoms with E-state index in [-0.39, 0.29) is 5.69 Å². The van der Waals surface area contributed by atoms with Crippen LogP contribution in [0.15, 0.2) is 48.5 Å². The van der Waals surface area contributed by atoms with Crippen molar-refractivity contribution in [2.75, 3.05) is 0 Å². The highest BCUT2D eigenvalue weighted by Gasteiger charge is 2.09. The van der Waals surface area contributed by atoms with Crippen molar-refractivity contribution in [3.8, 4) is 0 Å².